The minimum absolute atomic E-state index is 0.153. The van der Waals surface area contributed by atoms with Crippen molar-refractivity contribution < 1.29 is 39.9 Å². The van der Waals surface area contributed by atoms with Crippen LogP contribution in [0.4, 0.5) is 0 Å². The molecule has 4 aliphatic rings. The third-order valence-electron chi connectivity index (χ3n) is 12.6. The Balaban J connectivity index is 1.12. The molecular formula is C41H54N4O8. The largest absolute Gasteiger partial charge is 0.508 e. The highest BCUT2D eigenvalue weighted by Gasteiger charge is 2.61. The van der Waals surface area contributed by atoms with Gasteiger partial charge in [0.2, 0.25) is 0 Å². The molecule has 2 aromatic rings. The molecule has 1 saturated heterocycles. The molecule has 5 atom stereocenters. The van der Waals surface area contributed by atoms with E-state index in [0.29, 0.717) is 88.8 Å². The molecule has 1 heterocycles. The molecule has 2 saturated carbocycles. The number of benzene rings is 2. The lowest BCUT2D eigenvalue weighted by molar-refractivity contribution is -0.140. The number of fused-ring (bicyclic) bond motifs is 5. The van der Waals surface area contributed by atoms with Crippen LogP contribution in [-0.2, 0) is 27.3 Å². The number of hydrogen-bond donors (Lipinski definition) is 5. The molecule has 12 heteroatoms. The second kappa shape index (κ2) is 16.6. The van der Waals surface area contributed by atoms with Crippen LogP contribution in [0, 0.1) is 29.1 Å². The number of aliphatic hydroxyl groups is 1. The predicted molar refractivity (Wildman–Crippen MR) is 198 cm³/mol. The molecule has 6 rings (SSSR count). The van der Waals surface area contributed by atoms with E-state index in [2.05, 4.69) is 29.7 Å². The topological polar surface area (TPSA) is 165 Å². The molecule has 3 aliphatic carbocycles. The number of aromatic hydroxyl groups is 1. The number of rotatable bonds is 8. The Kier molecular flexibility index (Phi) is 12.1. The van der Waals surface area contributed by atoms with Crippen molar-refractivity contribution in [3.8, 4) is 17.6 Å². The Hall–Kier alpha value is -3.99. The fourth-order valence-corrected chi connectivity index (χ4v) is 9.70. The molecule has 0 amide bonds. The van der Waals surface area contributed by atoms with Crippen molar-refractivity contribution in [3.05, 3.63) is 64.7 Å². The van der Waals surface area contributed by atoms with Gasteiger partial charge in [-0.25, -0.2) is 0 Å². The quantitative estimate of drug-likeness (QED) is 0.253. The molecule has 0 bridgehead atoms. The first-order valence-corrected chi connectivity index (χ1v) is 19.0. The molecule has 1 aliphatic heterocycles. The first kappa shape index (κ1) is 38.7. The van der Waals surface area contributed by atoms with Crippen LogP contribution in [0.5, 0.6) is 5.75 Å². The summed E-state index contributed by atoms with van der Waals surface area (Å²) in [5.41, 5.74) is 3.16. The highest BCUT2D eigenvalue weighted by molar-refractivity contribution is 5.70. The molecule has 0 radical (unpaired) electrons. The maximum atomic E-state index is 12.1. The summed E-state index contributed by atoms with van der Waals surface area (Å²) in [6.07, 6.45) is 5.57. The number of nitrogens with zero attached hydrogens (tertiary/aromatic N) is 4. The van der Waals surface area contributed by atoms with Gasteiger partial charge in [0.1, 0.15) is 11.4 Å². The number of carbonyl (C=O) groups is 3. The SMILES string of the molecule is C[C@]12CC[C@@H]3c4ccc(O)cc4CC[C@H]3[C@@H]1CC[C@@]2(O)C#Cc1ccc(CN2CCN(CC(=O)O)CCN(CC(=O)O)CCN(CC(=O)O)CC2)cc1. The minimum Gasteiger partial charge on any atom is -0.508 e. The molecule has 53 heavy (non-hydrogen) atoms. The molecule has 0 spiro atoms. The predicted octanol–water partition coefficient (Wildman–Crippen LogP) is 3.01. The average molecular weight is 731 g/mol. The zero-order chi connectivity index (χ0) is 37.8. The summed E-state index contributed by atoms with van der Waals surface area (Å²) in [6.45, 7) is 5.83. The summed E-state index contributed by atoms with van der Waals surface area (Å²) < 4.78 is 0. The van der Waals surface area contributed by atoms with E-state index in [1.807, 2.05) is 46.2 Å². The summed E-state index contributed by atoms with van der Waals surface area (Å²) in [4.78, 5) is 42.3. The molecule has 5 N–H and O–H groups in total. The molecule has 3 fully saturated rings. The van der Waals surface area contributed by atoms with Crippen molar-refractivity contribution in [2.75, 3.05) is 72.0 Å². The third kappa shape index (κ3) is 9.22. The molecular weight excluding hydrogens is 676 g/mol. The van der Waals surface area contributed by atoms with Gasteiger partial charge in [-0.3, -0.25) is 34.0 Å². The fourth-order valence-electron chi connectivity index (χ4n) is 9.70. The lowest BCUT2D eigenvalue weighted by Crippen LogP contribution is -2.50. The Morgan fingerprint density at radius 3 is 1.83 bits per heavy atom. The number of phenols is 1. The second-order valence-electron chi connectivity index (χ2n) is 15.9. The second-order valence-corrected chi connectivity index (χ2v) is 15.9. The number of carboxylic acid groups (broad SMARTS) is 3. The standard InChI is InChI=1S/C41H54N4O8/c1-40-13-11-34-33-9-7-32(46)24-31(33)6-8-35(34)36(40)12-15-41(40,53)14-10-29-2-4-30(5-3-29)25-42-16-18-43(26-37(47)48)20-22-45(28-39(51)52)23-21-44(19-17-42)27-38(49)50/h2-5,7,9,24,34-36,46,53H,6,8,11-13,15-23,25-28H2,1H3,(H,47,48)(H,49,50)(H,51,52)/t34-,35-,36+,40+,41+/m1/s1. The van der Waals surface area contributed by atoms with E-state index in [9.17, 15) is 39.9 Å². The molecule has 12 nitrogen and oxygen atoms in total. The van der Waals surface area contributed by atoms with Crippen LogP contribution in [0.25, 0.3) is 0 Å². The van der Waals surface area contributed by atoms with E-state index in [1.54, 1.807) is 4.90 Å². The first-order valence-electron chi connectivity index (χ1n) is 19.0. The summed E-state index contributed by atoms with van der Waals surface area (Å²) in [6, 6.07) is 13.8. The van der Waals surface area contributed by atoms with Crippen molar-refractivity contribution >= 4 is 17.9 Å². The van der Waals surface area contributed by atoms with Crippen LogP contribution < -0.4 is 0 Å². The maximum Gasteiger partial charge on any atom is 0.317 e. The Labute approximate surface area is 312 Å². The number of phenolic OH excluding ortho intramolecular Hbond substituents is 1. The summed E-state index contributed by atoms with van der Waals surface area (Å²) in [5, 5.41) is 50.6. The van der Waals surface area contributed by atoms with Crippen molar-refractivity contribution in [2.45, 2.75) is 63.5 Å². The van der Waals surface area contributed by atoms with Gasteiger partial charge in [0.25, 0.3) is 0 Å². The number of aryl methyl sites for hydroxylation is 1. The molecule has 0 unspecified atom stereocenters. The van der Waals surface area contributed by atoms with Crippen LogP contribution in [0.1, 0.15) is 67.2 Å². The van der Waals surface area contributed by atoms with Crippen molar-refractivity contribution in [2.24, 2.45) is 17.3 Å². The summed E-state index contributed by atoms with van der Waals surface area (Å²) in [5.74, 6) is 5.48. The van der Waals surface area contributed by atoms with Crippen LogP contribution in [0.2, 0.25) is 0 Å². The van der Waals surface area contributed by atoms with Gasteiger partial charge >= 0.3 is 17.9 Å². The van der Waals surface area contributed by atoms with Gasteiger partial charge in [-0.05, 0) is 97.2 Å². The molecule has 286 valence electrons. The molecule has 2 aromatic carbocycles. The minimum atomic E-state index is -1.07. The van der Waals surface area contributed by atoms with Crippen LogP contribution in [0.3, 0.4) is 0 Å². The zero-order valence-electron chi connectivity index (χ0n) is 30.8. The summed E-state index contributed by atoms with van der Waals surface area (Å²) >= 11 is 0. The fraction of sp³-hybridized carbons (Fsp3) is 0.585. The van der Waals surface area contributed by atoms with E-state index in [0.717, 1.165) is 43.2 Å². The smallest absolute Gasteiger partial charge is 0.317 e. The number of hydrogen-bond acceptors (Lipinski definition) is 9. The monoisotopic (exact) mass is 730 g/mol. The maximum absolute atomic E-state index is 12.1. The normalized spacial score (nSPS) is 29.0. The highest BCUT2D eigenvalue weighted by Crippen LogP contribution is 2.64. The third-order valence-corrected chi connectivity index (χ3v) is 12.6. The van der Waals surface area contributed by atoms with Gasteiger partial charge in [0.05, 0.1) is 19.6 Å². The van der Waals surface area contributed by atoms with Crippen molar-refractivity contribution in [3.63, 3.8) is 0 Å². The van der Waals surface area contributed by atoms with Crippen LogP contribution in [-0.4, -0.2) is 141 Å². The first-order chi connectivity index (χ1) is 25.3. The van der Waals surface area contributed by atoms with Crippen molar-refractivity contribution in [1.82, 2.24) is 19.6 Å². The Morgan fingerprint density at radius 2 is 1.28 bits per heavy atom. The molecule has 0 aromatic heterocycles. The van der Waals surface area contributed by atoms with E-state index in [1.165, 1.54) is 11.1 Å². The van der Waals surface area contributed by atoms with Gasteiger partial charge in [0, 0.05) is 69.9 Å². The van der Waals surface area contributed by atoms with Gasteiger partial charge in [-0.2, -0.15) is 0 Å². The lowest BCUT2D eigenvalue weighted by Gasteiger charge is -2.52. The highest BCUT2D eigenvalue weighted by atomic mass is 16.4. The van der Waals surface area contributed by atoms with E-state index >= 15 is 0 Å². The van der Waals surface area contributed by atoms with Gasteiger partial charge in [0.15, 0.2) is 0 Å². The zero-order valence-corrected chi connectivity index (χ0v) is 30.8. The van der Waals surface area contributed by atoms with Gasteiger partial charge in [-0.15, -0.1) is 0 Å². The number of carboxylic acids is 3. The van der Waals surface area contributed by atoms with Gasteiger partial charge < -0.3 is 25.5 Å². The summed E-state index contributed by atoms with van der Waals surface area (Å²) in [7, 11) is 0. The van der Waals surface area contributed by atoms with E-state index in [-0.39, 0.29) is 25.0 Å². The van der Waals surface area contributed by atoms with E-state index in [4.69, 9.17) is 0 Å². The Bertz CT molecular complexity index is 1680. The van der Waals surface area contributed by atoms with Gasteiger partial charge in [-0.1, -0.05) is 37.0 Å². The van der Waals surface area contributed by atoms with Crippen LogP contribution in [0.15, 0.2) is 42.5 Å². The lowest BCUT2D eigenvalue weighted by atomic mass is 9.53. The van der Waals surface area contributed by atoms with E-state index < -0.39 is 23.5 Å². The van der Waals surface area contributed by atoms with Crippen LogP contribution >= 0.6 is 0 Å². The Morgan fingerprint density at radius 1 is 0.736 bits per heavy atom. The average Bonchev–Trinajstić information content (AvgIpc) is 3.38. The van der Waals surface area contributed by atoms with Crippen molar-refractivity contribution in [1.29, 1.82) is 0 Å². The number of aliphatic carboxylic acids is 3.